The number of nitrogens with zero attached hydrogens (tertiary/aromatic N) is 1. The number of hydrogen-bond acceptors (Lipinski definition) is 4. The average Bonchev–Trinajstić information content (AvgIpc) is 3.10. The van der Waals surface area contributed by atoms with Gasteiger partial charge < -0.3 is 9.84 Å². The number of rotatable bonds is 3. The van der Waals surface area contributed by atoms with Gasteiger partial charge in [0.1, 0.15) is 11.5 Å². The van der Waals surface area contributed by atoms with Gasteiger partial charge >= 0.3 is 0 Å². The highest BCUT2D eigenvalue weighted by molar-refractivity contribution is 6.51. The van der Waals surface area contributed by atoms with E-state index in [1.807, 2.05) is 74.5 Å². The van der Waals surface area contributed by atoms with E-state index in [0.717, 1.165) is 40.8 Å². The maximum atomic E-state index is 13.3. The molecule has 5 heteroatoms. The van der Waals surface area contributed by atoms with Crippen LogP contribution in [0.4, 0.5) is 5.69 Å². The van der Waals surface area contributed by atoms with Crippen molar-refractivity contribution in [1.82, 2.24) is 0 Å². The Bertz CT molecular complexity index is 1290. The molecule has 3 aromatic rings. The van der Waals surface area contributed by atoms with E-state index < -0.39 is 17.7 Å². The van der Waals surface area contributed by atoms with Crippen LogP contribution >= 0.6 is 0 Å². The molecule has 2 aliphatic heterocycles. The molecule has 166 valence electrons. The summed E-state index contributed by atoms with van der Waals surface area (Å²) in [4.78, 5) is 28.2. The molecule has 0 saturated carbocycles. The molecule has 5 rings (SSSR count). The van der Waals surface area contributed by atoms with Crippen molar-refractivity contribution in [2.24, 2.45) is 0 Å². The van der Waals surface area contributed by atoms with Crippen LogP contribution in [0.2, 0.25) is 0 Å². The third kappa shape index (κ3) is 3.59. The zero-order valence-corrected chi connectivity index (χ0v) is 18.7. The Labute approximate surface area is 192 Å². The Hall–Kier alpha value is -3.86. The smallest absolute Gasteiger partial charge is 0.300 e. The van der Waals surface area contributed by atoms with Crippen LogP contribution in [0, 0.1) is 13.8 Å². The van der Waals surface area contributed by atoms with Gasteiger partial charge in [-0.2, -0.15) is 0 Å². The highest BCUT2D eigenvalue weighted by Crippen LogP contribution is 2.43. The predicted molar refractivity (Wildman–Crippen MR) is 127 cm³/mol. The number of anilines is 1. The van der Waals surface area contributed by atoms with Gasteiger partial charge in [-0.1, -0.05) is 42.5 Å². The first kappa shape index (κ1) is 21.0. The van der Waals surface area contributed by atoms with Crippen molar-refractivity contribution in [2.45, 2.75) is 32.7 Å². The number of hydrogen-bond donors (Lipinski definition) is 1. The monoisotopic (exact) mass is 439 g/mol. The van der Waals surface area contributed by atoms with E-state index in [0.29, 0.717) is 17.9 Å². The number of carbonyl (C=O) groups excluding carboxylic acids is 2. The Kier molecular flexibility index (Phi) is 5.25. The summed E-state index contributed by atoms with van der Waals surface area (Å²) >= 11 is 0. The third-order valence-corrected chi connectivity index (χ3v) is 6.37. The molecule has 3 aromatic carbocycles. The molecule has 1 amide bonds. The second-order valence-corrected chi connectivity index (χ2v) is 8.64. The van der Waals surface area contributed by atoms with Crippen molar-refractivity contribution in [3.05, 3.63) is 100 Å². The molecule has 0 aromatic heterocycles. The molecule has 1 atom stereocenters. The lowest BCUT2D eigenvalue weighted by molar-refractivity contribution is -0.132. The first-order valence-corrected chi connectivity index (χ1v) is 11.1. The zero-order chi connectivity index (χ0) is 23.1. The fourth-order valence-electron chi connectivity index (χ4n) is 4.67. The van der Waals surface area contributed by atoms with Crippen LogP contribution in [0.25, 0.3) is 5.76 Å². The van der Waals surface area contributed by atoms with E-state index in [1.54, 1.807) is 6.07 Å². The number of amides is 1. The summed E-state index contributed by atoms with van der Waals surface area (Å²) in [7, 11) is 0. The minimum atomic E-state index is -0.723. The van der Waals surface area contributed by atoms with Crippen molar-refractivity contribution < 1.29 is 19.4 Å². The van der Waals surface area contributed by atoms with E-state index in [1.165, 1.54) is 4.90 Å². The molecule has 1 N–H and O–H groups in total. The van der Waals surface area contributed by atoms with E-state index in [2.05, 4.69) is 0 Å². The number of benzene rings is 3. The van der Waals surface area contributed by atoms with Gasteiger partial charge in [0.05, 0.1) is 18.2 Å². The van der Waals surface area contributed by atoms with E-state index in [-0.39, 0.29) is 11.3 Å². The predicted octanol–water partition coefficient (Wildman–Crippen LogP) is 5.25. The van der Waals surface area contributed by atoms with Crippen LogP contribution in [0.15, 0.2) is 72.3 Å². The topological polar surface area (TPSA) is 66.8 Å². The normalized spacial score (nSPS) is 19.3. The van der Waals surface area contributed by atoms with Crippen LogP contribution in [-0.4, -0.2) is 23.4 Å². The SMILES string of the molecule is Cc1ccc(C)c(N2C(=O)C(=O)/C(=C(\O)c3ccc4c(c3)CCCO4)C2c2ccccc2)c1. The van der Waals surface area contributed by atoms with Gasteiger partial charge in [-0.15, -0.1) is 0 Å². The number of aryl methyl sites for hydroxylation is 3. The molecule has 1 saturated heterocycles. The molecule has 1 unspecified atom stereocenters. The first-order chi connectivity index (χ1) is 16.0. The van der Waals surface area contributed by atoms with Gasteiger partial charge in [-0.05, 0) is 73.2 Å². The maximum absolute atomic E-state index is 13.3. The molecule has 5 nitrogen and oxygen atoms in total. The summed E-state index contributed by atoms with van der Waals surface area (Å²) in [6, 6.07) is 19.9. The van der Waals surface area contributed by atoms with Crippen LogP contribution in [0.1, 0.15) is 40.3 Å². The number of ether oxygens (including phenoxy) is 1. The van der Waals surface area contributed by atoms with Gasteiger partial charge in [-0.3, -0.25) is 14.5 Å². The van der Waals surface area contributed by atoms with Crippen molar-refractivity contribution >= 4 is 23.1 Å². The van der Waals surface area contributed by atoms with Crippen molar-refractivity contribution in [2.75, 3.05) is 11.5 Å². The van der Waals surface area contributed by atoms with Crippen molar-refractivity contribution in [3.63, 3.8) is 0 Å². The van der Waals surface area contributed by atoms with Gasteiger partial charge in [0.2, 0.25) is 0 Å². The second kappa shape index (κ2) is 8.24. The van der Waals surface area contributed by atoms with Gasteiger partial charge in [0.15, 0.2) is 0 Å². The number of fused-ring (bicyclic) bond motifs is 1. The van der Waals surface area contributed by atoms with Crippen molar-refractivity contribution in [1.29, 1.82) is 0 Å². The van der Waals surface area contributed by atoms with Crippen LogP contribution in [0.3, 0.4) is 0 Å². The lowest BCUT2D eigenvalue weighted by Gasteiger charge is -2.27. The molecular weight excluding hydrogens is 414 g/mol. The molecule has 0 aliphatic carbocycles. The summed E-state index contributed by atoms with van der Waals surface area (Å²) < 4.78 is 5.68. The molecule has 0 spiro atoms. The summed E-state index contributed by atoms with van der Waals surface area (Å²) in [6.45, 7) is 4.54. The van der Waals surface area contributed by atoms with Crippen LogP contribution < -0.4 is 9.64 Å². The molecule has 2 heterocycles. The maximum Gasteiger partial charge on any atom is 0.300 e. The lowest BCUT2D eigenvalue weighted by atomic mass is 9.93. The number of carbonyl (C=O) groups is 2. The average molecular weight is 440 g/mol. The fourth-order valence-corrected chi connectivity index (χ4v) is 4.67. The number of Topliss-reactive ketones (excluding diaryl/α,β-unsaturated/α-hetero) is 1. The van der Waals surface area contributed by atoms with Gasteiger partial charge in [-0.25, -0.2) is 0 Å². The van der Waals surface area contributed by atoms with Gasteiger partial charge in [0.25, 0.3) is 11.7 Å². The summed E-state index contributed by atoms with van der Waals surface area (Å²) in [5.74, 6) is -0.687. The van der Waals surface area contributed by atoms with E-state index in [9.17, 15) is 14.7 Å². The molecule has 2 aliphatic rings. The van der Waals surface area contributed by atoms with E-state index in [4.69, 9.17) is 4.74 Å². The van der Waals surface area contributed by atoms with Gasteiger partial charge in [0, 0.05) is 11.3 Å². The highest BCUT2D eigenvalue weighted by atomic mass is 16.5. The molecule has 33 heavy (non-hydrogen) atoms. The third-order valence-electron chi connectivity index (χ3n) is 6.37. The molecular formula is C28H25NO4. The first-order valence-electron chi connectivity index (χ1n) is 11.1. The van der Waals surface area contributed by atoms with Crippen molar-refractivity contribution in [3.8, 4) is 5.75 Å². The number of aliphatic hydroxyl groups is 1. The van der Waals surface area contributed by atoms with Crippen LogP contribution in [0.5, 0.6) is 5.75 Å². The highest BCUT2D eigenvalue weighted by Gasteiger charge is 2.47. The minimum absolute atomic E-state index is 0.101. The second-order valence-electron chi connectivity index (χ2n) is 8.64. The Morgan fingerprint density at radius 1 is 1.00 bits per heavy atom. The number of aliphatic hydroxyl groups excluding tert-OH is 1. The largest absolute Gasteiger partial charge is 0.507 e. The Morgan fingerprint density at radius 2 is 1.79 bits per heavy atom. The molecule has 0 radical (unpaired) electrons. The minimum Gasteiger partial charge on any atom is -0.507 e. The lowest BCUT2D eigenvalue weighted by Crippen LogP contribution is -2.30. The van der Waals surface area contributed by atoms with Crippen LogP contribution in [-0.2, 0) is 16.0 Å². The molecule has 0 bridgehead atoms. The number of ketones is 1. The zero-order valence-electron chi connectivity index (χ0n) is 18.7. The Morgan fingerprint density at radius 3 is 2.58 bits per heavy atom. The Balaban J connectivity index is 1.71. The summed E-state index contributed by atoms with van der Waals surface area (Å²) in [5.41, 5.74) is 4.91. The fraction of sp³-hybridized carbons (Fsp3) is 0.214. The standard InChI is InChI=1S/C28H25NO4/c1-17-10-11-18(2)22(15-17)29-25(19-7-4-3-5-8-19)24(27(31)28(29)32)26(30)21-12-13-23-20(16-21)9-6-14-33-23/h3-5,7-8,10-13,15-16,25,30H,6,9,14H2,1-2H3/b26-24-. The van der Waals surface area contributed by atoms with E-state index >= 15 is 0 Å². The molecule has 1 fully saturated rings. The summed E-state index contributed by atoms with van der Waals surface area (Å²) in [5, 5.41) is 11.4. The quantitative estimate of drug-likeness (QED) is 0.344. The summed E-state index contributed by atoms with van der Waals surface area (Å²) in [6.07, 6.45) is 1.74.